The van der Waals surface area contributed by atoms with Crippen molar-refractivity contribution in [2.45, 2.75) is 26.4 Å². The highest BCUT2D eigenvalue weighted by Crippen LogP contribution is 2.06. The van der Waals surface area contributed by atoms with Crippen LogP contribution in [0.25, 0.3) is 0 Å². The van der Waals surface area contributed by atoms with Gasteiger partial charge in [-0.25, -0.2) is 4.79 Å². The summed E-state index contributed by atoms with van der Waals surface area (Å²) in [5.74, 6) is -0.338. The summed E-state index contributed by atoms with van der Waals surface area (Å²) < 4.78 is 10.2. The van der Waals surface area contributed by atoms with E-state index in [1.54, 1.807) is 12.2 Å². The van der Waals surface area contributed by atoms with Gasteiger partial charge < -0.3 is 9.16 Å². The zero-order valence-corrected chi connectivity index (χ0v) is 11.2. The lowest BCUT2D eigenvalue weighted by Gasteiger charge is -2.22. The molecule has 0 fully saturated rings. The smallest absolute Gasteiger partial charge is 0.330 e. The first-order valence-corrected chi connectivity index (χ1v) is 5.35. The lowest BCUT2D eigenvalue weighted by Crippen LogP contribution is -2.30. The van der Waals surface area contributed by atoms with Crippen LogP contribution in [0.5, 0.6) is 0 Å². The molecule has 14 heavy (non-hydrogen) atoms. The number of esters is 1. The third-order valence-electron chi connectivity index (χ3n) is 1.65. The highest BCUT2D eigenvalue weighted by molar-refractivity contribution is 5.98. The van der Waals surface area contributed by atoms with E-state index in [9.17, 15) is 4.79 Å². The maximum Gasteiger partial charge on any atom is 0.330 e. The molecule has 0 saturated carbocycles. The third-order valence-corrected chi connectivity index (χ3v) is 2.76. The minimum absolute atomic E-state index is 0.287. The van der Waals surface area contributed by atoms with Gasteiger partial charge in [0.05, 0.1) is 5.60 Å². The summed E-state index contributed by atoms with van der Waals surface area (Å²) in [6.07, 6.45) is 6.66. The van der Waals surface area contributed by atoms with Crippen molar-refractivity contribution in [3.05, 3.63) is 24.3 Å². The zero-order valence-electron chi connectivity index (χ0n) is 9.24. The largest absolute Gasteiger partial charge is 0.460 e. The summed E-state index contributed by atoms with van der Waals surface area (Å²) in [6, 6.07) is 0. The average Bonchev–Trinajstić information content (AvgIpc) is 2.16. The Labute approximate surface area is 88.3 Å². The van der Waals surface area contributed by atoms with Crippen LogP contribution in [0.4, 0.5) is 0 Å². The van der Waals surface area contributed by atoms with E-state index in [4.69, 9.17) is 9.16 Å². The molecule has 0 N–H and O–H groups in total. The Morgan fingerprint density at radius 2 is 2.07 bits per heavy atom. The first kappa shape index (κ1) is 13.1. The van der Waals surface area contributed by atoms with Gasteiger partial charge in [-0.1, -0.05) is 18.2 Å². The van der Waals surface area contributed by atoms with Crippen molar-refractivity contribution in [2.24, 2.45) is 0 Å². The summed E-state index contributed by atoms with van der Waals surface area (Å²) in [6.45, 7) is 5.95. The van der Waals surface area contributed by atoms with Crippen molar-refractivity contribution in [1.82, 2.24) is 0 Å². The molecule has 80 valence electrons. The molecule has 0 unspecified atom stereocenters. The molecular formula is C10H18O3Si. The van der Waals surface area contributed by atoms with Crippen LogP contribution < -0.4 is 0 Å². The maximum atomic E-state index is 11.1. The van der Waals surface area contributed by atoms with E-state index >= 15 is 0 Å². The minimum Gasteiger partial charge on any atom is -0.460 e. The fraction of sp³-hybridized carbons (Fsp3) is 0.500. The van der Waals surface area contributed by atoms with Gasteiger partial charge in [-0.2, -0.15) is 0 Å². The van der Waals surface area contributed by atoms with Gasteiger partial charge in [0.1, 0.15) is 17.1 Å². The molecule has 0 spiro atoms. The van der Waals surface area contributed by atoms with E-state index in [0.717, 1.165) is 0 Å². The van der Waals surface area contributed by atoms with Gasteiger partial charge in [-0.15, -0.1) is 0 Å². The van der Waals surface area contributed by atoms with Gasteiger partial charge in [-0.05, 0) is 20.8 Å². The second-order valence-corrected chi connectivity index (χ2v) is 3.86. The van der Waals surface area contributed by atoms with E-state index in [2.05, 4.69) is 0 Å². The molecule has 0 heterocycles. The Morgan fingerprint density at radius 3 is 2.57 bits per heavy atom. The second-order valence-electron chi connectivity index (χ2n) is 3.46. The van der Waals surface area contributed by atoms with Crippen molar-refractivity contribution in [2.75, 3.05) is 6.61 Å². The van der Waals surface area contributed by atoms with Crippen molar-refractivity contribution < 1.29 is 14.0 Å². The Morgan fingerprint density at radius 1 is 1.43 bits per heavy atom. The van der Waals surface area contributed by atoms with Crippen LogP contribution in [0.15, 0.2) is 24.3 Å². The molecule has 0 aromatic carbocycles. The number of hydrogen-bond donors (Lipinski definition) is 0. The van der Waals surface area contributed by atoms with Gasteiger partial charge in [0, 0.05) is 6.08 Å². The van der Waals surface area contributed by atoms with Crippen molar-refractivity contribution >= 4 is 16.5 Å². The number of rotatable bonds is 5. The summed E-state index contributed by atoms with van der Waals surface area (Å²) in [5.41, 5.74) is -0.365. The van der Waals surface area contributed by atoms with Crippen LogP contribution in [0.1, 0.15) is 20.8 Å². The number of ether oxygens (including phenoxy) is 1. The lowest BCUT2D eigenvalue weighted by molar-refractivity contribution is -0.142. The molecule has 0 aromatic rings. The highest BCUT2D eigenvalue weighted by atomic mass is 28.2. The number of carbonyl (C=O) groups is 1. The quantitative estimate of drug-likeness (QED) is 0.293. The molecule has 0 aliphatic rings. The molecule has 0 saturated heterocycles. The molecule has 0 aromatic heterocycles. The van der Waals surface area contributed by atoms with Crippen LogP contribution in [-0.2, 0) is 14.0 Å². The Bertz CT molecular complexity index is 232. The maximum absolute atomic E-state index is 11.1. The van der Waals surface area contributed by atoms with Gasteiger partial charge in [0.25, 0.3) is 0 Å². The highest BCUT2D eigenvalue weighted by Gasteiger charge is 2.17. The van der Waals surface area contributed by atoms with E-state index in [1.165, 1.54) is 6.08 Å². The van der Waals surface area contributed by atoms with Crippen LogP contribution in [-0.4, -0.2) is 28.7 Å². The minimum atomic E-state index is -0.365. The van der Waals surface area contributed by atoms with E-state index < -0.39 is 0 Å². The van der Waals surface area contributed by atoms with E-state index in [-0.39, 0.29) is 18.2 Å². The molecule has 0 rings (SSSR count). The molecule has 0 aliphatic carbocycles. The topological polar surface area (TPSA) is 35.5 Å². The molecule has 0 radical (unpaired) electrons. The van der Waals surface area contributed by atoms with Crippen LogP contribution in [0, 0.1) is 0 Å². The number of hydrogen-bond acceptors (Lipinski definition) is 3. The molecule has 0 atom stereocenters. The van der Waals surface area contributed by atoms with Gasteiger partial charge in [0.2, 0.25) is 0 Å². The fourth-order valence-electron chi connectivity index (χ4n) is 0.597. The average molecular weight is 214 g/mol. The summed E-state index contributed by atoms with van der Waals surface area (Å²) in [5, 5.41) is 0. The number of allylic oxidation sites excluding steroid dienone is 3. The van der Waals surface area contributed by atoms with Crippen molar-refractivity contribution in [1.29, 1.82) is 0 Å². The van der Waals surface area contributed by atoms with Gasteiger partial charge in [0.15, 0.2) is 0 Å². The summed E-state index contributed by atoms with van der Waals surface area (Å²) >= 11 is 0. The van der Waals surface area contributed by atoms with Gasteiger partial charge in [-0.3, -0.25) is 0 Å². The monoisotopic (exact) mass is 214 g/mol. The first-order chi connectivity index (χ1) is 6.52. The molecular weight excluding hydrogens is 196 g/mol. The molecule has 0 aliphatic heterocycles. The van der Waals surface area contributed by atoms with Crippen LogP contribution in [0.3, 0.4) is 0 Å². The predicted molar refractivity (Wildman–Crippen MR) is 60.0 cm³/mol. The Hall–Kier alpha value is -0.873. The zero-order chi connectivity index (χ0) is 11.0. The number of carbonyl (C=O) groups excluding carboxylic acids is 1. The van der Waals surface area contributed by atoms with Crippen molar-refractivity contribution in [3.8, 4) is 0 Å². The second kappa shape index (κ2) is 6.56. The first-order valence-electron chi connectivity index (χ1n) is 4.53. The molecule has 0 bridgehead atoms. The van der Waals surface area contributed by atoms with E-state index in [0.29, 0.717) is 10.5 Å². The molecule has 4 heteroatoms. The van der Waals surface area contributed by atoms with Crippen LogP contribution in [0.2, 0.25) is 0 Å². The van der Waals surface area contributed by atoms with Gasteiger partial charge >= 0.3 is 5.97 Å². The molecule has 3 nitrogen and oxygen atoms in total. The fourth-order valence-corrected chi connectivity index (χ4v) is 0.715. The third kappa shape index (κ3) is 6.62. The predicted octanol–water partition coefficient (Wildman–Crippen LogP) is 0.737. The van der Waals surface area contributed by atoms with E-state index in [1.807, 2.05) is 26.8 Å². The standard InChI is InChI=1S/C10H18O3Si/c1-4-5-6-7-9(11)12-8-10(2,3)13-14/h4-7H,8H2,1-3,14H3. The van der Waals surface area contributed by atoms with Crippen molar-refractivity contribution in [3.63, 3.8) is 0 Å². The SMILES string of the molecule is CC=CC=CC(=O)OCC(C)(C)O[SiH3]. The summed E-state index contributed by atoms with van der Waals surface area (Å²) in [4.78, 5) is 11.1. The van der Waals surface area contributed by atoms with Crippen LogP contribution >= 0.6 is 0 Å². The molecule has 0 amide bonds. The normalized spacial score (nSPS) is 12.8. The summed E-state index contributed by atoms with van der Waals surface area (Å²) in [7, 11) is 0.640. The Balaban J connectivity index is 3.85. The Kier molecular flexibility index (Phi) is 6.15. The lowest BCUT2D eigenvalue weighted by atomic mass is 10.2.